The van der Waals surface area contributed by atoms with E-state index in [-0.39, 0.29) is 24.2 Å². The first-order chi connectivity index (χ1) is 18.6. The van der Waals surface area contributed by atoms with Gasteiger partial charge in [-0.05, 0) is 41.5 Å². The number of nitrogens with zero attached hydrogens (tertiary/aromatic N) is 1. The molecule has 0 bridgehead atoms. The summed E-state index contributed by atoms with van der Waals surface area (Å²) in [5.41, 5.74) is 4.20. The first-order valence-electron chi connectivity index (χ1n) is 13.4. The summed E-state index contributed by atoms with van der Waals surface area (Å²) in [6, 6.07) is 11.9. The Morgan fingerprint density at radius 3 is 2.41 bits per heavy atom. The lowest BCUT2D eigenvalue weighted by atomic mass is 9.89. The average Bonchev–Trinajstić information content (AvgIpc) is 3.41. The number of carboxylic acid groups (broad SMARTS) is 1. The van der Waals surface area contributed by atoms with E-state index in [9.17, 15) is 24.3 Å². The second kappa shape index (κ2) is 10.2. The zero-order valence-electron chi connectivity index (χ0n) is 22.5. The summed E-state index contributed by atoms with van der Waals surface area (Å²) in [5.74, 6) is -2.59. The Bertz CT molecular complexity index is 1460. The molecule has 2 aromatic carbocycles. The van der Waals surface area contributed by atoms with Gasteiger partial charge in [0.25, 0.3) is 5.91 Å². The number of carboxylic acids is 1. The average molecular weight is 531 g/mol. The second-order valence-electron chi connectivity index (χ2n) is 11.2. The van der Waals surface area contributed by atoms with E-state index in [2.05, 4.69) is 15.6 Å². The highest BCUT2D eigenvalue weighted by molar-refractivity contribution is 6.04. The van der Waals surface area contributed by atoms with Crippen molar-refractivity contribution >= 4 is 34.6 Å². The van der Waals surface area contributed by atoms with Gasteiger partial charge in [-0.25, -0.2) is 4.79 Å². The summed E-state index contributed by atoms with van der Waals surface area (Å²) in [7, 11) is 0. The number of hydrogen-bond donors (Lipinski definition) is 4. The Kier molecular flexibility index (Phi) is 6.92. The molecule has 2 aliphatic heterocycles. The SMILES string of the molecule is CC(C)C[C@H](NC(=O)[C@@H](NC(=O)[C@@H]1Cc2c([nH]c3ccccc23)C2c3ccccc3C(=O)N21)C(C)C)C(=O)O. The monoisotopic (exact) mass is 530 g/mol. The van der Waals surface area contributed by atoms with Crippen LogP contribution in [0.2, 0.25) is 0 Å². The quantitative estimate of drug-likeness (QED) is 0.355. The van der Waals surface area contributed by atoms with E-state index in [1.165, 1.54) is 0 Å². The smallest absolute Gasteiger partial charge is 0.326 e. The molecule has 0 saturated carbocycles. The Balaban J connectivity index is 1.48. The number of benzene rings is 2. The predicted octanol–water partition coefficient (Wildman–Crippen LogP) is 3.39. The minimum atomic E-state index is -1.12. The normalized spacial score (nSPS) is 19.4. The molecule has 4 N–H and O–H groups in total. The van der Waals surface area contributed by atoms with Crippen molar-refractivity contribution < 1.29 is 24.3 Å². The fourth-order valence-corrected chi connectivity index (χ4v) is 5.88. The van der Waals surface area contributed by atoms with Crippen LogP contribution < -0.4 is 10.6 Å². The number of rotatable bonds is 8. The Morgan fingerprint density at radius 1 is 1.03 bits per heavy atom. The zero-order chi connectivity index (χ0) is 28.0. The van der Waals surface area contributed by atoms with Crippen LogP contribution in [0.1, 0.15) is 67.3 Å². The third-order valence-corrected chi connectivity index (χ3v) is 7.72. The van der Waals surface area contributed by atoms with Gasteiger partial charge in [-0.1, -0.05) is 64.1 Å². The fourth-order valence-electron chi connectivity index (χ4n) is 5.88. The van der Waals surface area contributed by atoms with Gasteiger partial charge in [-0.2, -0.15) is 0 Å². The number of nitrogens with one attached hydrogen (secondary N) is 3. The summed E-state index contributed by atoms with van der Waals surface area (Å²) in [6.07, 6.45) is 0.562. The lowest BCUT2D eigenvalue weighted by molar-refractivity contribution is -0.143. The van der Waals surface area contributed by atoms with E-state index in [4.69, 9.17) is 0 Å². The fraction of sp³-hybridized carbons (Fsp3) is 0.400. The number of aromatic amines is 1. The third-order valence-electron chi connectivity index (χ3n) is 7.72. The topological polar surface area (TPSA) is 132 Å². The molecule has 204 valence electrons. The van der Waals surface area contributed by atoms with Crippen LogP contribution in [0, 0.1) is 11.8 Å². The molecule has 3 heterocycles. The molecule has 1 aromatic heterocycles. The molecular formula is C30H34N4O5. The van der Waals surface area contributed by atoms with Gasteiger partial charge in [0, 0.05) is 28.6 Å². The van der Waals surface area contributed by atoms with Gasteiger partial charge >= 0.3 is 5.97 Å². The molecule has 1 unspecified atom stereocenters. The van der Waals surface area contributed by atoms with Crippen LogP contribution in [-0.4, -0.2) is 56.8 Å². The van der Waals surface area contributed by atoms with Crippen molar-refractivity contribution in [2.45, 2.75) is 64.7 Å². The largest absolute Gasteiger partial charge is 0.480 e. The van der Waals surface area contributed by atoms with Gasteiger partial charge in [-0.3, -0.25) is 14.4 Å². The van der Waals surface area contributed by atoms with Crippen LogP contribution >= 0.6 is 0 Å². The summed E-state index contributed by atoms with van der Waals surface area (Å²) in [4.78, 5) is 57.6. The molecule has 5 rings (SSSR count). The Morgan fingerprint density at radius 2 is 1.72 bits per heavy atom. The molecule has 9 heteroatoms. The summed E-state index contributed by atoms with van der Waals surface area (Å²) in [6.45, 7) is 7.35. The van der Waals surface area contributed by atoms with Crippen LogP contribution in [0.4, 0.5) is 0 Å². The first-order valence-corrected chi connectivity index (χ1v) is 13.4. The molecule has 0 fully saturated rings. The number of fused-ring (bicyclic) bond motifs is 7. The maximum Gasteiger partial charge on any atom is 0.326 e. The van der Waals surface area contributed by atoms with E-state index in [1.54, 1.807) is 24.8 Å². The molecule has 0 aliphatic carbocycles. The third kappa shape index (κ3) is 4.66. The van der Waals surface area contributed by atoms with Crippen LogP contribution in [0.3, 0.4) is 0 Å². The molecular weight excluding hydrogens is 496 g/mol. The van der Waals surface area contributed by atoms with Crippen molar-refractivity contribution in [1.29, 1.82) is 0 Å². The van der Waals surface area contributed by atoms with Gasteiger partial charge < -0.3 is 25.6 Å². The van der Waals surface area contributed by atoms with Gasteiger partial charge in [-0.15, -0.1) is 0 Å². The first kappa shape index (κ1) is 26.5. The lowest BCUT2D eigenvalue weighted by Gasteiger charge is -2.38. The van der Waals surface area contributed by atoms with Gasteiger partial charge in [0.15, 0.2) is 0 Å². The van der Waals surface area contributed by atoms with E-state index in [1.807, 2.05) is 56.3 Å². The maximum atomic E-state index is 13.9. The lowest BCUT2D eigenvalue weighted by Crippen LogP contribution is -2.59. The van der Waals surface area contributed by atoms with Crippen LogP contribution in [0.25, 0.3) is 10.9 Å². The van der Waals surface area contributed by atoms with Crippen LogP contribution in [0.5, 0.6) is 0 Å². The summed E-state index contributed by atoms with van der Waals surface area (Å²) in [5, 5.41) is 16.1. The second-order valence-corrected chi connectivity index (χ2v) is 11.2. The Labute approximate surface area is 227 Å². The number of aromatic nitrogens is 1. The number of carbonyl (C=O) groups is 4. The molecule has 2 aliphatic rings. The van der Waals surface area contributed by atoms with Gasteiger partial charge in [0.05, 0.1) is 6.04 Å². The van der Waals surface area contributed by atoms with Crippen LogP contribution in [0.15, 0.2) is 48.5 Å². The van der Waals surface area contributed by atoms with Gasteiger partial charge in [0.2, 0.25) is 11.8 Å². The van der Waals surface area contributed by atoms with Gasteiger partial charge in [0.1, 0.15) is 18.1 Å². The summed E-state index contributed by atoms with van der Waals surface area (Å²) < 4.78 is 0. The van der Waals surface area contributed by atoms with E-state index >= 15 is 0 Å². The molecule has 0 radical (unpaired) electrons. The highest BCUT2D eigenvalue weighted by Gasteiger charge is 2.49. The van der Waals surface area contributed by atoms with Crippen molar-refractivity contribution in [3.05, 3.63) is 70.9 Å². The number of carbonyl (C=O) groups excluding carboxylic acids is 3. The minimum absolute atomic E-state index is 0.0610. The molecule has 3 amide bonds. The highest BCUT2D eigenvalue weighted by atomic mass is 16.4. The molecule has 4 atom stereocenters. The number of aliphatic carboxylic acids is 1. The predicted molar refractivity (Wildman–Crippen MR) is 146 cm³/mol. The van der Waals surface area contributed by atoms with E-state index in [0.29, 0.717) is 12.0 Å². The molecule has 3 aromatic rings. The molecule has 39 heavy (non-hydrogen) atoms. The number of para-hydroxylation sites is 1. The minimum Gasteiger partial charge on any atom is -0.480 e. The van der Waals surface area contributed by atoms with Crippen molar-refractivity contribution in [2.75, 3.05) is 0 Å². The van der Waals surface area contributed by atoms with Crippen molar-refractivity contribution in [1.82, 2.24) is 20.5 Å². The summed E-state index contributed by atoms with van der Waals surface area (Å²) >= 11 is 0. The number of hydrogen-bond acceptors (Lipinski definition) is 4. The zero-order valence-corrected chi connectivity index (χ0v) is 22.5. The standard InChI is InChI=1S/C30H34N4O5/c1-15(2)13-22(30(38)39)32-28(36)24(16(3)4)33-27(35)23-14-20-17-9-7-8-12-21(17)31-25(20)26-18-10-5-6-11-19(18)29(37)34(23)26/h5-12,15-16,22-24,26,31H,13-14H2,1-4H3,(H,32,36)(H,33,35)(H,38,39)/t22-,23-,24-,26?/m0/s1. The molecule has 0 spiro atoms. The maximum absolute atomic E-state index is 13.9. The number of amides is 3. The Hall–Kier alpha value is -4.14. The van der Waals surface area contributed by atoms with Crippen LogP contribution in [-0.2, 0) is 20.8 Å². The number of H-pyrrole nitrogens is 1. The van der Waals surface area contributed by atoms with E-state index < -0.39 is 42.0 Å². The van der Waals surface area contributed by atoms with Crippen molar-refractivity contribution in [3.8, 4) is 0 Å². The van der Waals surface area contributed by atoms with Crippen molar-refractivity contribution in [2.24, 2.45) is 11.8 Å². The van der Waals surface area contributed by atoms with Crippen molar-refractivity contribution in [3.63, 3.8) is 0 Å². The molecule has 0 saturated heterocycles. The van der Waals surface area contributed by atoms with E-state index in [0.717, 1.165) is 27.7 Å². The molecule has 9 nitrogen and oxygen atoms in total. The highest BCUT2D eigenvalue weighted by Crippen LogP contribution is 2.46.